The summed E-state index contributed by atoms with van der Waals surface area (Å²) >= 11 is 0. The SMILES string of the molecule is CCCCCNC(=O)c1cccc(C(C)(C)O)c1. The largest absolute Gasteiger partial charge is 0.386 e. The standard InChI is InChI=1S/C15H23NO2/c1-4-5-6-10-16-14(17)12-8-7-9-13(11-12)15(2,3)18/h7-9,11,18H,4-6,10H2,1-3H3,(H,16,17). The van der Waals surface area contributed by atoms with Gasteiger partial charge in [0.25, 0.3) is 5.91 Å². The molecule has 1 aromatic rings. The first-order valence-corrected chi connectivity index (χ1v) is 6.56. The molecule has 0 heterocycles. The molecule has 0 aromatic heterocycles. The molecule has 0 bridgehead atoms. The minimum absolute atomic E-state index is 0.0720. The molecule has 0 aliphatic rings. The summed E-state index contributed by atoms with van der Waals surface area (Å²) < 4.78 is 0. The van der Waals surface area contributed by atoms with E-state index >= 15 is 0 Å². The van der Waals surface area contributed by atoms with Crippen LogP contribution in [0.1, 0.15) is 56.0 Å². The predicted molar refractivity (Wildman–Crippen MR) is 73.5 cm³/mol. The monoisotopic (exact) mass is 249 g/mol. The van der Waals surface area contributed by atoms with Crippen molar-refractivity contribution in [2.24, 2.45) is 0 Å². The van der Waals surface area contributed by atoms with Crippen LogP contribution < -0.4 is 5.32 Å². The lowest BCUT2D eigenvalue weighted by Crippen LogP contribution is -2.25. The molecular formula is C15H23NO2. The van der Waals surface area contributed by atoms with Gasteiger partial charge in [-0.25, -0.2) is 0 Å². The molecule has 0 aliphatic heterocycles. The van der Waals surface area contributed by atoms with Crippen LogP contribution in [0.4, 0.5) is 0 Å². The highest BCUT2D eigenvalue weighted by Crippen LogP contribution is 2.20. The average molecular weight is 249 g/mol. The van der Waals surface area contributed by atoms with Gasteiger partial charge in [0.2, 0.25) is 0 Å². The van der Waals surface area contributed by atoms with E-state index < -0.39 is 5.60 Å². The van der Waals surface area contributed by atoms with Crippen molar-refractivity contribution >= 4 is 5.91 Å². The van der Waals surface area contributed by atoms with E-state index in [1.54, 1.807) is 32.0 Å². The van der Waals surface area contributed by atoms with Crippen molar-refractivity contribution in [3.05, 3.63) is 35.4 Å². The maximum atomic E-state index is 11.9. The van der Waals surface area contributed by atoms with E-state index in [4.69, 9.17) is 0 Å². The van der Waals surface area contributed by atoms with Crippen molar-refractivity contribution in [3.8, 4) is 0 Å². The van der Waals surface area contributed by atoms with E-state index in [-0.39, 0.29) is 5.91 Å². The van der Waals surface area contributed by atoms with Crippen LogP contribution in [0.25, 0.3) is 0 Å². The maximum Gasteiger partial charge on any atom is 0.251 e. The molecule has 0 aliphatic carbocycles. The molecule has 0 radical (unpaired) electrons. The van der Waals surface area contributed by atoms with Gasteiger partial charge in [0.1, 0.15) is 0 Å². The van der Waals surface area contributed by atoms with Crippen molar-refractivity contribution in [1.82, 2.24) is 5.32 Å². The van der Waals surface area contributed by atoms with E-state index in [2.05, 4.69) is 12.2 Å². The fourth-order valence-electron chi connectivity index (χ4n) is 1.72. The number of hydrogen-bond donors (Lipinski definition) is 2. The molecule has 1 aromatic carbocycles. The number of carbonyl (C=O) groups is 1. The first-order chi connectivity index (χ1) is 8.45. The first kappa shape index (κ1) is 14.7. The Balaban J connectivity index is 2.63. The van der Waals surface area contributed by atoms with Gasteiger partial charge in [-0.2, -0.15) is 0 Å². The van der Waals surface area contributed by atoms with Crippen LogP contribution >= 0.6 is 0 Å². The summed E-state index contributed by atoms with van der Waals surface area (Å²) in [6, 6.07) is 7.14. The van der Waals surface area contributed by atoms with Crippen molar-refractivity contribution in [1.29, 1.82) is 0 Å². The van der Waals surface area contributed by atoms with Gasteiger partial charge in [0, 0.05) is 12.1 Å². The molecule has 0 spiro atoms. The molecule has 18 heavy (non-hydrogen) atoms. The van der Waals surface area contributed by atoms with E-state index in [1.165, 1.54) is 0 Å². The van der Waals surface area contributed by atoms with Crippen LogP contribution in [0, 0.1) is 0 Å². The summed E-state index contributed by atoms with van der Waals surface area (Å²) in [7, 11) is 0. The predicted octanol–water partition coefficient (Wildman–Crippen LogP) is 2.83. The number of nitrogens with one attached hydrogen (secondary N) is 1. The molecule has 2 N–H and O–H groups in total. The number of rotatable bonds is 6. The molecule has 3 nitrogen and oxygen atoms in total. The van der Waals surface area contributed by atoms with E-state index in [1.807, 2.05) is 6.07 Å². The van der Waals surface area contributed by atoms with Crippen molar-refractivity contribution in [2.75, 3.05) is 6.54 Å². The zero-order chi connectivity index (χ0) is 13.6. The highest BCUT2D eigenvalue weighted by Gasteiger charge is 2.17. The van der Waals surface area contributed by atoms with Crippen LogP contribution in [0.3, 0.4) is 0 Å². The Morgan fingerprint density at radius 2 is 2.06 bits per heavy atom. The third-order valence-electron chi connectivity index (χ3n) is 2.90. The van der Waals surface area contributed by atoms with E-state index in [9.17, 15) is 9.90 Å². The molecule has 3 heteroatoms. The molecule has 1 amide bonds. The van der Waals surface area contributed by atoms with Crippen LogP contribution in [0.15, 0.2) is 24.3 Å². The van der Waals surface area contributed by atoms with Gasteiger partial charge < -0.3 is 10.4 Å². The third-order valence-corrected chi connectivity index (χ3v) is 2.90. The van der Waals surface area contributed by atoms with Crippen LogP contribution in [0.2, 0.25) is 0 Å². The summed E-state index contributed by atoms with van der Waals surface area (Å²) in [6.07, 6.45) is 3.28. The Morgan fingerprint density at radius 1 is 1.33 bits per heavy atom. The number of hydrogen-bond acceptors (Lipinski definition) is 2. The van der Waals surface area contributed by atoms with E-state index in [0.29, 0.717) is 12.1 Å². The second-order valence-electron chi connectivity index (χ2n) is 5.10. The second-order valence-corrected chi connectivity index (χ2v) is 5.10. The van der Waals surface area contributed by atoms with Crippen LogP contribution in [-0.4, -0.2) is 17.6 Å². The van der Waals surface area contributed by atoms with Crippen LogP contribution in [0.5, 0.6) is 0 Å². The fourth-order valence-corrected chi connectivity index (χ4v) is 1.72. The Labute approximate surface area is 109 Å². The Hall–Kier alpha value is -1.35. The minimum atomic E-state index is -0.918. The van der Waals surface area contributed by atoms with Gasteiger partial charge in [0.15, 0.2) is 0 Å². The summed E-state index contributed by atoms with van der Waals surface area (Å²) in [6.45, 7) is 6.27. The zero-order valence-electron chi connectivity index (χ0n) is 11.5. The van der Waals surface area contributed by atoms with Gasteiger partial charge >= 0.3 is 0 Å². The lowest BCUT2D eigenvalue weighted by atomic mass is 9.96. The molecule has 0 atom stereocenters. The number of unbranched alkanes of at least 4 members (excludes halogenated alkanes) is 2. The third kappa shape index (κ3) is 4.49. The molecule has 0 saturated heterocycles. The smallest absolute Gasteiger partial charge is 0.251 e. The number of amides is 1. The fraction of sp³-hybridized carbons (Fsp3) is 0.533. The van der Waals surface area contributed by atoms with Gasteiger partial charge in [-0.05, 0) is 38.0 Å². The first-order valence-electron chi connectivity index (χ1n) is 6.56. The number of benzene rings is 1. The molecule has 0 fully saturated rings. The highest BCUT2D eigenvalue weighted by atomic mass is 16.3. The highest BCUT2D eigenvalue weighted by molar-refractivity contribution is 5.94. The molecule has 1 rings (SSSR count). The summed E-state index contributed by atoms with van der Waals surface area (Å²) in [5.41, 5.74) is 0.438. The summed E-state index contributed by atoms with van der Waals surface area (Å²) in [4.78, 5) is 11.9. The lowest BCUT2D eigenvalue weighted by Gasteiger charge is -2.18. The summed E-state index contributed by atoms with van der Waals surface area (Å²) in [5, 5.41) is 12.8. The Bertz CT molecular complexity index is 394. The zero-order valence-corrected chi connectivity index (χ0v) is 11.5. The molecule has 0 saturated carbocycles. The van der Waals surface area contributed by atoms with Crippen molar-refractivity contribution in [2.45, 2.75) is 45.6 Å². The van der Waals surface area contributed by atoms with Gasteiger partial charge in [-0.1, -0.05) is 31.9 Å². The lowest BCUT2D eigenvalue weighted by molar-refractivity contribution is 0.0784. The number of carbonyl (C=O) groups excluding carboxylic acids is 1. The molecule has 100 valence electrons. The Morgan fingerprint density at radius 3 is 2.67 bits per heavy atom. The number of aliphatic hydroxyl groups is 1. The molecule has 0 unspecified atom stereocenters. The van der Waals surface area contributed by atoms with Gasteiger partial charge in [-0.3, -0.25) is 4.79 Å². The average Bonchev–Trinajstić information content (AvgIpc) is 2.33. The quantitative estimate of drug-likeness (QED) is 0.762. The van der Waals surface area contributed by atoms with Gasteiger partial charge in [0.05, 0.1) is 5.60 Å². The summed E-state index contributed by atoms with van der Waals surface area (Å²) in [5.74, 6) is -0.0720. The topological polar surface area (TPSA) is 49.3 Å². The maximum absolute atomic E-state index is 11.9. The van der Waals surface area contributed by atoms with Crippen molar-refractivity contribution in [3.63, 3.8) is 0 Å². The van der Waals surface area contributed by atoms with Gasteiger partial charge in [-0.15, -0.1) is 0 Å². The van der Waals surface area contributed by atoms with Crippen LogP contribution in [-0.2, 0) is 5.60 Å². The van der Waals surface area contributed by atoms with Crippen molar-refractivity contribution < 1.29 is 9.90 Å². The Kier molecular flexibility index (Phi) is 5.35. The second kappa shape index (κ2) is 6.55. The normalized spacial score (nSPS) is 11.3. The molecular weight excluding hydrogens is 226 g/mol. The van der Waals surface area contributed by atoms with E-state index in [0.717, 1.165) is 24.8 Å². The minimum Gasteiger partial charge on any atom is -0.386 e.